The maximum Gasteiger partial charge on any atom is 0.325 e. The van der Waals surface area contributed by atoms with Gasteiger partial charge in [0.1, 0.15) is 6.54 Å². The van der Waals surface area contributed by atoms with Crippen LogP contribution in [0.5, 0.6) is 0 Å². The lowest BCUT2D eigenvalue weighted by molar-refractivity contribution is -0.142. The van der Waals surface area contributed by atoms with Crippen LogP contribution in [0.4, 0.5) is 0 Å². The Labute approximate surface area is 140 Å². The molecule has 0 unspecified atom stereocenters. The lowest BCUT2D eigenvalue weighted by Crippen LogP contribution is -2.29. The Kier molecular flexibility index (Phi) is 5.52. The average Bonchev–Trinajstić information content (AvgIpc) is 2.86. The number of Topliss-reactive ketones (excluding diaryl/α,β-unsaturated/α-hetero) is 1. The van der Waals surface area contributed by atoms with Gasteiger partial charge in [-0.25, -0.2) is 0 Å². The summed E-state index contributed by atoms with van der Waals surface area (Å²) >= 11 is 0. The van der Waals surface area contributed by atoms with E-state index in [2.05, 4.69) is 5.32 Å². The number of carbonyl (C=O) groups excluding carboxylic acids is 3. The lowest BCUT2D eigenvalue weighted by Gasteiger charge is -2.09. The standard InChI is InChI=1S/C18H20N2O4/c1-12-9-16(13(2)20(12)15-7-5-4-6-8-15)17(22)11-24-18(23)10-19-14(3)21/h4-9H,10-11H2,1-3H3,(H,19,21). The Hall–Kier alpha value is -2.89. The van der Waals surface area contributed by atoms with Crippen molar-refractivity contribution in [2.45, 2.75) is 20.8 Å². The minimum Gasteiger partial charge on any atom is -0.456 e. The fourth-order valence-corrected chi connectivity index (χ4v) is 2.49. The van der Waals surface area contributed by atoms with Gasteiger partial charge < -0.3 is 14.6 Å². The molecule has 1 heterocycles. The number of para-hydroxylation sites is 1. The monoisotopic (exact) mass is 328 g/mol. The highest BCUT2D eigenvalue weighted by Crippen LogP contribution is 2.21. The van der Waals surface area contributed by atoms with Gasteiger partial charge in [0.25, 0.3) is 0 Å². The second-order valence-corrected chi connectivity index (χ2v) is 5.45. The molecule has 2 aromatic rings. The molecule has 1 aromatic heterocycles. The van der Waals surface area contributed by atoms with Crippen molar-refractivity contribution in [2.24, 2.45) is 0 Å². The smallest absolute Gasteiger partial charge is 0.325 e. The number of aryl methyl sites for hydroxylation is 1. The number of carbonyl (C=O) groups is 3. The fourth-order valence-electron chi connectivity index (χ4n) is 2.49. The number of amides is 1. The molecule has 126 valence electrons. The van der Waals surface area contributed by atoms with Gasteiger partial charge in [0.2, 0.25) is 11.7 Å². The van der Waals surface area contributed by atoms with Crippen molar-refractivity contribution in [1.29, 1.82) is 0 Å². The van der Waals surface area contributed by atoms with E-state index in [4.69, 9.17) is 4.74 Å². The third-order valence-electron chi connectivity index (χ3n) is 3.59. The van der Waals surface area contributed by atoms with Crippen molar-refractivity contribution >= 4 is 17.7 Å². The predicted octanol–water partition coefficient (Wildman–Crippen LogP) is 1.96. The number of ketones is 1. The normalized spacial score (nSPS) is 10.3. The van der Waals surface area contributed by atoms with Gasteiger partial charge >= 0.3 is 5.97 Å². The molecule has 0 radical (unpaired) electrons. The molecule has 1 N–H and O–H groups in total. The van der Waals surface area contributed by atoms with Crippen LogP contribution in [0.1, 0.15) is 28.7 Å². The summed E-state index contributed by atoms with van der Waals surface area (Å²) in [5, 5.41) is 2.33. The molecule has 0 spiro atoms. The Morgan fingerprint density at radius 1 is 1.12 bits per heavy atom. The minimum atomic E-state index is -0.643. The van der Waals surface area contributed by atoms with E-state index in [0.29, 0.717) is 5.56 Å². The van der Waals surface area contributed by atoms with Gasteiger partial charge in [0.05, 0.1) is 0 Å². The molecule has 1 aromatic carbocycles. The summed E-state index contributed by atoms with van der Waals surface area (Å²) in [6, 6.07) is 11.5. The molecule has 0 aliphatic rings. The first-order valence-electron chi connectivity index (χ1n) is 7.57. The van der Waals surface area contributed by atoms with Crippen LogP contribution in [0.2, 0.25) is 0 Å². The van der Waals surface area contributed by atoms with E-state index in [1.54, 1.807) is 6.07 Å². The molecule has 1 amide bonds. The molecule has 0 saturated heterocycles. The van der Waals surface area contributed by atoms with Gasteiger partial charge in [-0.1, -0.05) is 18.2 Å². The van der Waals surface area contributed by atoms with Crippen LogP contribution in [-0.4, -0.2) is 35.4 Å². The van der Waals surface area contributed by atoms with Crippen LogP contribution < -0.4 is 5.32 Å². The van der Waals surface area contributed by atoms with E-state index < -0.39 is 5.97 Å². The molecule has 0 fully saturated rings. The number of aromatic nitrogens is 1. The molecular formula is C18H20N2O4. The maximum absolute atomic E-state index is 12.3. The zero-order valence-electron chi connectivity index (χ0n) is 14.0. The Morgan fingerprint density at radius 3 is 2.42 bits per heavy atom. The molecular weight excluding hydrogens is 308 g/mol. The summed E-state index contributed by atoms with van der Waals surface area (Å²) in [5.74, 6) is -1.25. The molecule has 0 aliphatic carbocycles. The van der Waals surface area contributed by atoms with Crippen molar-refractivity contribution in [3.05, 3.63) is 53.3 Å². The number of benzene rings is 1. The van der Waals surface area contributed by atoms with Gasteiger partial charge in [-0.05, 0) is 32.0 Å². The van der Waals surface area contributed by atoms with Crippen molar-refractivity contribution < 1.29 is 19.1 Å². The molecule has 0 bridgehead atoms. The molecule has 24 heavy (non-hydrogen) atoms. The SMILES string of the molecule is CC(=O)NCC(=O)OCC(=O)c1cc(C)n(-c2ccccc2)c1C. The summed E-state index contributed by atoms with van der Waals surface area (Å²) in [5.41, 5.74) is 3.20. The summed E-state index contributed by atoms with van der Waals surface area (Å²) in [6.45, 7) is 4.48. The molecule has 2 rings (SSSR count). The number of nitrogens with one attached hydrogen (secondary N) is 1. The average molecular weight is 328 g/mol. The highest BCUT2D eigenvalue weighted by Gasteiger charge is 2.18. The number of esters is 1. The van der Waals surface area contributed by atoms with Crippen LogP contribution >= 0.6 is 0 Å². The van der Waals surface area contributed by atoms with Crippen molar-refractivity contribution in [1.82, 2.24) is 9.88 Å². The number of ether oxygens (including phenoxy) is 1. The van der Waals surface area contributed by atoms with Crippen LogP contribution in [0.15, 0.2) is 36.4 Å². The molecule has 0 atom stereocenters. The zero-order chi connectivity index (χ0) is 17.7. The van der Waals surface area contributed by atoms with E-state index in [-0.39, 0.29) is 24.8 Å². The van der Waals surface area contributed by atoms with Gasteiger partial charge in [-0.3, -0.25) is 14.4 Å². The van der Waals surface area contributed by atoms with Crippen LogP contribution in [0, 0.1) is 13.8 Å². The van der Waals surface area contributed by atoms with E-state index in [9.17, 15) is 14.4 Å². The summed E-state index contributed by atoms with van der Waals surface area (Å²) in [7, 11) is 0. The number of hydrogen-bond acceptors (Lipinski definition) is 4. The highest BCUT2D eigenvalue weighted by atomic mass is 16.5. The van der Waals surface area contributed by atoms with E-state index in [0.717, 1.165) is 17.1 Å². The Balaban J connectivity index is 2.08. The topological polar surface area (TPSA) is 77.4 Å². The molecule has 0 aliphatic heterocycles. The molecule has 6 nitrogen and oxygen atoms in total. The minimum absolute atomic E-state index is 0.244. The first-order valence-corrected chi connectivity index (χ1v) is 7.57. The summed E-state index contributed by atoms with van der Waals surface area (Å²) in [6.07, 6.45) is 0. The number of rotatable bonds is 6. The predicted molar refractivity (Wildman–Crippen MR) is 89.2 cm³/mol. The quantitative estimate of drug-likeness (QED) is 0.649. The van der Waals surface area contributed by atoms with Crippen molar-refractivity contribution in [3.8, 4) is 5.69 Å². The van der Waals surface area contributed by atoms with Gasteiger partial charge in [-0.2, -0.15) is 0 Å². The third-order valence-corrected chi connectivity index (χ3v) is 3.59. The van der Waals surface area contributed by atoms with Crippen LogP contribution in [0.3, 0.4) is 0 Å². The van der Waals surface area contributed by atoms with E-state index in [1.165, 1.54) is 6.92 Å². The number of hydrogen-bond donors (Lipinski definition) is 1. The van der Waals surface area contributed by atoms with Crippen molar-refractivity contribution in [2.75, 3.05) is 13.2 Å². The summed E-state index contributed by atoms with van der Waals surface area (Å²) in [4.78, 5) is 34.5. The lowest BCUT2D eigenvalue weighted by atomic mass is 10.1. The maximum atomic E-state index is 12.3. The fraction of sp³-hybridized carbons (Fsp3) is 0.278. The van der Waals surface area contributed by atoms with Crippen LogP contribution in [0.25, 0.3) is 5.69 Å². The first kappa shape index (κ1) is 17.5. The molecule has 0 saturated carbocycles. The van der Waals surface area contributed by atoms with E-state index in [1.807, 2.05) is 48.7 Å². The Morgan fingerprint density at radius 2 is 1.79 bits per heavy atom. The first-order chi connectivity index (χ1) is 11.4. The molecule has 6 heteroatoms. The van der Waals surface area contributed by atoms with Crippen molar-refractivity contribution in [3.63, 3.8) is 0 Å². The van der Waals surface area contributed by atoms with Gasteiger partial charge in [0.15, 0.2) is 6.61 Å². The number of nitrogens with zero attached hydrogens (tertiary/aromatic N) is 1. The van der Waals surface area contributed by atoms with E-state index >= 15 is 0 Å². The zero-order valence-corrected chi connectivity index (χ0v) is 14.0. The summed E-state index contributed by atoms with van der Waals surface area (Å²) < 4.78 is 6.88. The van der Waals surface area contributed by atoms with Gasteiger partial charge in [0, 0.05) is 29.6 Å². The second kappa shape index (κ2) is 7.59. The third kappa shape index (κ3) is 4.10. The van der Waals surface area contributed by atoms with Crippen LogP contribution in [-0.2, 0) is 14.3 Å². The highest BCUT2D eigenvalue weighted by molar-refractivity contribution is 5.99. The van der Waals surface area contributed by atoms with Gasteiger partial charge in [-0.15, -0.1) is 0 Å². The second-order valence-electron chi connectivity index (χ2n) is 5.45. The Bertz CT molecular complexity index is 763. The largest absolute Gasteiger partial charge is 0.456 e.